The Morgan fingerprint density at radius 2 is 1.81 bits per heavy atom. The maximum absolute atomic E-state index is 13.1. The Bertz CT molecular complexity index is 1180. The van der Waals surface area contributed by atoms with Crippen molar-refractivity contribution < 1.29 is 9.21 Å². The quantitative estimate of drug-likeness (QED) is 0.472. The van der Waals surface area contributed by atoms with E-state index < -0.39 is 17.3 Å². The summed E-state index contributed by atoms with van der Waals surface area (Å²) in [6.07, 6.45) is 4.16. The number of amides is 1. The van der Waals surface area contributed by atoms with Gasteiger partial charge in [0, 0.05) is 18.8 Å². The molecule has 36 heavy (non-hydrogen) atoms. The molecule has 0 aliphatic carbocycles. The molecule has 1 atom stereocenters. The predicted octanol–water partition coefficient (Wildman–Crippen LogP) is 3.90. The zero-order valence-corrected chi connectivity index (χ0v) is 21.6. The van der Waals surface area contributed by atoms with Crippen LogP contribution in [0.25, 0.3) is 11.0 Å². The normalized spacial score (nSPS) is 15.7. The second-order valence-electron chi connectivity index (χ2n) is 8.66. The Morgan fingerprint density at radius 1 is 1.17 bits per heavy atom. The van der Waals surface area contributed by atoms with Crippen LogP contribution in [0.4, 0.5) is 5.82 Å². The highest BCUT2D eigenvalue weighted by atomic mass is 32.2. The third-order valence-electron chi connectivity index (χ3n) is 6.00. The van der Waals surface area contributed by atoms with Gasteiger partial charge in [-0.05, 0) is 44.2 Å². The lowest BCUT2D eigenvalue weighted by molar-refractivity contribution is -0.123. The number of carbonyl (C=O) groups excluding carboxylic acids is 1. The molecule has 2 heterocycles. The standard InChI is InChI=1S/C21H27N5O3S.C6H6/c1-3-10-26-11-8-21(14-22,9-12-26)25-19(27)16(13-30-2)23-18-15-6-4-5-7-17(15)29-20(28)24-18;1-2-4-6-5-3-1/h4-7,16H,3,8-13H2,1-2H3,(H,25,27)(H,23,24,28);1-6H. The van der Waals surface area contributed by atoms with Crippen LogP contribution in [0.5, 0.6) is 0 Å². The minimum absolute atomic E-state index is 0.269. The SMILES string of the molecule is CCCN1CCC(C#N)(NC(=O)C(CSC)Nc2nc(=O)oc3ccccc23)CC1.c1ccccc1. The van der Waals surface area contributed by atoms with E-state index in [4.69, 9.17) is 4.42 Å². The summed E-state index contributed by atoms with van der Waals surface area (Å²) in [7, 11) is 0. The third-order valence-corrected chi connectivity index (χ3v) is 6.66. The summed E-state index contributed by atoms with van der Waals surface area (Å²) in [4.78, 5) is 31.2. The van der Waals surface area contributed by atoms with E-state index in [1.54, 1.807) is 18.2 Å². The number of hydrogen-bond donors (Lipinski definition) is 2. The van der Waals surface area contributed by atoms with Gasteiger partial charge in [-0.2, -0.15) is 22.0 Å². The van der Waals surface area contributed by atoms with Crippen molar-refractivity contribution in [2.24, 2.45) is 0 Å². The molecule has 4 rings (SSSR count). The molecule has 1 fully saturated rings. The molecule has 8 nitrogen and oxygen atoms in total. The molecule has 1 amide bonds. The number of piperidine rings is 1. The molecule has 1 unspecified atom stereocenters. The van der Waals surface area contributed by atoms with Gasteiger partial charge in [0.1, 0.15) is 23.0 Å². The Labute approximate surface area is 216 Å². The second kappa shape index (κ2) is 13.7. The van der Waals surface area contributed by atoms with Gasteiger partial charge >= 0.3 is 5.76 Å². The Balaban J connectivity index is 0.000000526. The van der Waals surface area contributed by atoms with Crippen molar-refractivity contribution in [2.75, 3.05) is 37.0 Å². The van der Waals surface area contributed by atoms with E-state index in [1.807, 2.05) is 48.7 Å². The van der Waals surface area contributed by atoms with Crippen molar-refractivity contribution in [1.82, 2.24) is 15.2 Å². The number of nitrogens with one attached hydrogen (secondary N) is 2. The lowest BCUT2D eigenvalue weighted by atomic mass is 9.88. The van der Waals surface area contributed by atoms with Crippen LogP contribution >= 0.6 is 11.8 Å². The molecule has 0 radical (unpaired) electrons. The first-order valence-electron chi connectivity index (χ1n) is 12.1. The van der Waals surface area contributed by atoms with Gasteiger partial charge < -0.3 is 20.0 Å². The van der Waals surface area contributed by atoms with Crippen LogP contribution in [0.1, 0.15) is 26.2 Å². The van der Waals surface area contributed by atoms with Gasteiger partial charge in [-0.15, -0.1) is 0 Å². The monoisotopic (exact) mass is 507 g/mol. The van der Waals surface area contributed by atoms with Gasteiger partial charge in [-0.1, -0.05) is 55.5 Å². The molecule has 2 aromatic carbocycles. The Morgan fingerprint density at radius 3 is 2.39 bits per heavy atom. The highest BCUT2D eigenvalue weighted by molar-refractivity contribution is 7.98. The molecule has 2 N–H and O–H groups in total. The summed E-state index contributed by atoms with van der Waals surface area (Å²) in [5.41, 5.74) is -0.467. The molecule has 190 valence electrons. The fourth-order valence-electron chi connectivity index (χ4n) is 4.09. The summed E-state index contributed by atoms with van der Waals surface area (Å²) in [5, 5.41) is 16.5. The molecule has 1 aromatic heterocycles. The van der Waals surface area contributed by atoms with Crippen molar-refractivity contribution in [3.05, 3.63) is 71.2 Å². The highest BCUT2D eigenvalue weighted by Crippen LogP contribution is 2.24. The van der Waals surface area contributed by atoms with Crippen LogP contribution in [0.15, 0.2) is 69.9 Å². The molecule has 0 spiro atoms. The number of thioether (sulfide) groups is 1. The Hall–Kier alpha value is -3.35. The van der Waals surface area contributed by atoms with Crippen LogP contribution in [-0.4, -0.2) is 59.0 Å². The smallest absolute Gasteiger partial charge is 0.408 e. The summed E-state index contributed by atoms with van der Waals surface area (Å²) in [5.74, 6) is -0.226. The molecule has 9 heteroatoms. The molecule has 0 saturated carbocycles. The Kier molecular flexibility index (Phi) is 10.3. The number of carbonyl (C=O) groups is 1. The average Bonchev–Trinajstić information content (AvgIpc) is 2.91. The van der Waals surface area contributed by atoms with Gasteiger partial charge in [0.25, 0.3) is 0 Å². The topological polar surface area (TPSA) is 111 Å². The van der Waals surface area contributed by atoms with Crippen LogP contribution in [-0.2, 0) is 4.79 Å². The zero-order chi connectivity index (χ0) is 25.8. The van der Waals surface area contributed by atoms with Gasteiger partial charge in [0.2, 0.25) is 5.91 Å². The molecular formula is C27H33N5O3S. The van der Waals surface area contributed by atoms with Crippen molar-refractivity contribution in [3.8, 4) is 6.07 Å². The number of nitriles is 1. The summed E-state index contributed by atoms with van der Waals surface area (Å²) in [6, 6.07) is 20.7. The number of nitrogens with zero attached hydrogens (tertiary/aromatic N) is 3. The summed E-state index contributed by atoms with van der Waals surface area (Å²) in [6.45, 7) is 4.71. The van der Waals surface area contributed by atoms with Gasteiger partial charge in [-0.3, -0.25) is 4.79 Å². The number of likely N-dealkylation sites (tertiary alicyclic amines) is 1. The maximum Gasteiger partial charge on any atom is 0.441 e. The lowest BCUT2D eigenvalue weighted by Gasteiger charge is -2.38. The van der Waals surface area contributed by atoms with E-state index in [9.17, 15) is 14.9 Å². The lowest BCUT2D eigenvalue weighted by Crippen LogP contribution is -2.57. The fourth-order valence-corrected chi connectivity index (χ4v) is 4.66. The van der Waals surface area contributed by atoms with Crippen molar-refractivity contribution in [3.63, 3.8) is 0 Å². The molecule has 3 aromatic rings. The van der Waals surface area contributed by atoms with E-state index >= 15 is 0 Å². The third kappa shape index (κ3) is 7.57. The van der Waals surface area contributed by atoms with Crippen LogP contribution in [0, 0.1) is 11.3 Å². The molecule has 1 saturated heterocycles. The van der Waals surface area contributed by atoms with E-state index in [0.717, 1.165) is 26.1 Å². The first kappa shape index (κ1) is 27.2. The number of para-hydroxylation sites is 1. The van der Waals surface area contributed by atoms with Gasteiger partial charge in [0.05, 0.1) is 11.5 Å². The number of fused-ring (bicyclic) bond motifs is 1. The van der Waals surface area contributed by atoms with Gasteiger partial charge in [0.15, 0.2) is 0 Å². The van der Waals surface area contributed by atoms with Crippen molar-refractivity contribution in [2.45, 2.75) is 37.8 Å². The molecule has 1 aliphatic rings. The number of aromatic nitrogens is 1. The second-order valence-corrected chi connectivity index (χ2v) is 9.57. The molecule has 1 aliphatic heterocycles. The number of anilines is 1. The molecule has 0 bridgehead atoms. The van der Waals surface area contributed by atoms with Crippen molar-refractivity contribution >= 4 is 34.5 Å². The number of rotatable bonds is 8. The van der Waals surface area contributed by atoms with Crippen molar-refractivity contribution in [1.29, 1.82) is 5.26 Å². The predicted molar refractivity (Wildman–Crippen MR) is 145 cm³/mol. The van der Waals surface area contributed by atoms with Gasteiger partial charge in [-0.25, -0.2) is 4.79 Å². The largest absolute Gasteiger partial charge is 0.441 e. The maximum atomic E-state index is 13.1. The first-order chi connectivity index (χ1) is 17.5. The fraction of sp³-hybridized carbons (Fsp3) is 0.407. The zero-order valence-electron chi connectivity index (χ0n) is 20.8. The van der Waals surface area contributed by atoms with Crippen LogP contribution in [0.3, 0.4) is 0 Å². The number of benzene rings is 2. The van der Waals surface area contributed by atoms with E-state index in [-0.39, 0.29) is 5.91 Å². The minimum atomic E-state index is -0.870. The van der Waals surface area contributed by atoms with E-state index in [2.05, 4.69) is 33.5 Å². The summed E-state index contributed by atoms with van der Waals surface area (Å²) < 4.78 is 5.13. The molecular weight excluding hydrogens is 474 g/mol. The van der Waals surface area contributed by atoms with E-state index in [1.165, 1.54) is 11.8 Å². The first-order valence-corrected chi connectivity index (χ1v) is 13.5. The van der Waals surface area contributed by atoms with Crippen LogP contribution in [0.2, 0.25) is 0 Å². The van der Waals surface area contributed by atoms with Crippen LogP contribution < -0.4 is 16.4 Å². The minimum Gasteiger partial charge on any atom is -0.408 e. The average molecular weight is 508 g/mol. The summed E-state index contributed by atoms with van der Waals surface area (Å²) >= 11 is 1.50. The highest BCUT2D eigenvalue weighted by Gasteiger charge is 2.37. The van der Waals surface area contributed by atoms with E-state index in [0.29, 0.717) is 35.4 Å². The number of hydrogen-bond acceptors (Lipinski definition) is 8.